The molecule has 2 N–H and O–H groups in total. The zero-order valence-corrected chi connectivity index (χ0v) is 10.5. The van der Waals surface area contributed by atoms with Crippen molar-refractivity contribution in [3.8, 4) is 0 Å². The first-order valence-electron chi connectivity index (χ1n) is 5.26. The van der Waals surface area contributed by atoms with E-state index in [4.69, 9.17) is 5.11 Å². The molecule has 1 heterocycles. The van der Waals surface area contributed by atoms with E-state index in [1.165, 1.54) is 17.4 Å². The molecule has 0 saturated carbocycles. The summed E-state index contributed by atoms with van der Waals surface area (Å²) >= 11 is 1.42. The number of carbonyl (C=O) groups is 2. The number of benzene rings is 1. The standard InChI is InChI=1S/C13H11NO3S/c1-8-3-2-4-10(13(16)17)11(8)14-12(15)9-5-6-18-7-9/h2-7H,1H3,(H,14,15)(H,16,17). The number of hydrogen-bond acceptors (Lipinski definition) is 3. The van der Waals surface area contributed by atoms with E-state index in [2.05, 4.69) is 5.32 Å². The molecule has 18 heavy (non-hydrogen) atoms. The molecular weight excluding hydrogens is 250 g/mol. The second-order valence-corrected chi connectivity index (χ2v) is 4.55. The fourth-order valence-electron chi connectivity index (χ4n) is 1.59. The third kappa shape index (κ3) is 2.41. The van der Waals surface area contributed by atoms with Crippen LogP contribution in [0.25, 0.3) is 0 Å². The number of nitrogens with one attached hydrogen (secondary N) is 1. The normalized spacial score (nSPS) is 10.1. The van der Waals surface area contributed by atoms with Crippen molar-refractivity contribution in [1.29, 1.82) is 0 Å². The van der Waals surface area contributed by atoms with Gasteiger partial charge in [0.2, 0.25) is 0 Å². The van der Waals surface area contributed by atoms with Crippen LogP contribution in [0.4, 0.5) is 5.69 Å². The van der Waals surface area contributed by atoms with Crippen LogP contribution in [0, 0.1) is 6.92 Å². The second kappa shape index (κ2) is 5.01. The van der Waals surface area contributed by atoms with Crippen molar-refractivity contribution in [2.45, 2.75) is 6.92 Å². The Bertz CT molecular complexity index is 590. The maximum atomic E-state index is 11.9. The summed E-state index contributed by atoms with van der Waals surface area (Å²) in [5, 5.41) is 15.2. The van der Waals surface area contributed by atoms with Gasteiger partial charge in [-0.15, -0.1) is 0 Å². The van der Waals surface area contributed by atoms with Crippen LogP contribution < -0.4 is 5.32 Å². The molecule has 0 aliphatic rings. The number of rotatable bonds is 3. The third-order valence-corrected chi connectivity index (χ3v) is 3.21. The summed E-state index contributed by atoms with van der Waals surface area (Å²) in [5.41, 5.74) is 1.69. The average Bonchev–Trinajstić information content (AvgIpc) is 2.85. The summed E-state index contributed by atoms with van der Waals surface area (Å²) < 4.78 is 0. The van der Waals surface area contributed by atoms with E-state index >= 15 is 0 Å². The van der Waals surface area contributed by atoms with Crippen LogP contribution in [0.2, 0.25) is 0 Å². The fraction of sp³-hybridized carbons (Fsp3) is 0.0769. The van der Waals surface area contributed by atoms with Crippen molar-refractivity contribution >= 4 is 28.9 Å². The number of anilines is 1. The molecule has 1 aromatic carbocycles. The van der Waals surface area contributed by atoms with Crippen LogP contribution in [0.3, 0.4) is 0 Å². The Morgan fingerprint density at radius 2 is 2.06 bits per heavy atom. The van der Waals surface area contributed by atoms with E-state index in [9.17, 15) is 9.59 Å². The van der Waals surface area contributed by atoms with Gasteiger partial charge in [0.1, 0.15) is 0 Å². The number of amides is 1. The number of carboxylic acids is 1. The van der Waals surface area contributed by atoms with Gasteiger partial charge >= 0.3 is 5.97 Å². The first-order chi connectivity index (χ1) is 8.59. The first-order valence-corrected chi connectivity index (χ1v) is 6.20. The van der Waals surface area contributed by atoms with Crippen LogP contribution in [0.1, 0.15) is 26.3 Å². The van der Waals surface area contributed by atoms with Crippen LogP contribution in [0.15, 0.2) is 35.0 Å². The van der Waals surface area contributed by atoms with Crippen LogP contribution in [-0.4, -0.2) is 17.0 Å². The van der Waals surface area contributed by atoms with Gasteiger partial charge in [-0.1, -0.05) is 12.1 Å². The lowest BCUT2D eigenvalue weighted by molar-refractivity contribution is 0.0698. The highest BCUT2D eigenvalue weighted by atomic mass is 32.1. The van der Waals surface area contributed by atoms with Gasteiger partial charge in [-0.05, 0) is 30.0 Å². The fourth-order valence-corrected chi connectivity index (χ4v) is 2.23. The highest BCUT2D eigenvalue weighted by Crippen LogP contribution is 2.21. The molecule has 92 valence electrons. The number of thiophene rings is 1. The summed E-state index contributed by atoms with van der Waals surface area (Å²) in [7, 11) is 0. The zero-order chi connectivity index (χ0) is 13.1. The van der Waals surface area contributed by atoms with Gasteiger partial charge in [0.05, 0.1) is 16.8 Å². The Labute approximate surface area is 108 Å². The lowest BCUT2D eigenvalue weighted by atomic mass is 10.1. The molecule has 2 aromatic rings. The molecule has 0 aliphatic carbocycles. The van der Waals surface area contributed by atoms with Crippen LogP contribution >= 0.6 is 11.3 Å². The summed E-state index contributed by atoms with van der Waals surface area (Å²) in [6.07, 6.45) is 0. The molecule has 2 rings (SSSR count). The Morgan fingerprint density at radius 3 is 2.67 bits per heavy atom. The second-order valence-electron chi connectivity index (χ2n) is 3.77. The minimum atomic E-state index is -1.06. The smallest absolute Gasteiger partial charge is 0.337 e. The molecular formula is C13H11NO3S. The number of aromatic carboxylic acids is 1. The number of aryl methyl sites for hydroxylation is 1. The average molecular weight is 261 g/mol. The van der Waals surface area contributed by atoms with Crippen molar-refractivity contribution in [1.82, 2.24) is 0 Å². The molecule has 0 unspecified atom stereocenters. The van der Waals surface area contributed by atoms with E-state index in [1.807, 2.05) is 0 Å². The number of hydrogen-bond donors (Lipinski definition) is 2. The van der Waals surface area contributed by atoms with Crippen molar-refractivity contribution in [2.24, 2.45) is 0 Å². The summed E-state index contributed by atoms with van der Waals surface area (Å²) in [5.74, 6) is -1.35. The van der Waals surface area contributed by atoms with Gasteiger partial charge in [-0.25, -0.2) is 4.79 Å². The first kappa shape index (κ1) is 12.3. The summed E-state index contributed by atoms with van der Waals surface area (Å²) in [4.78, 5) is 23.0. The molecule has 0 bridgehead atoms. The Morgan fingerprint density at radius 1 is 1.28 bits per heavy atom. The summed E-state index contributed by atoms with van der Waals surface area (Å²) in [6, 6.07) is 6.58. The summed E-state index contributed by atoms with van der Waals surface area (Å²) in [6.45, 7) is 1.76. The van der Waals surface area contributed by atoms with Crippen LogP contribution in [0.5, 0.6) is 0 Å². The van der Waals surface area contributed by atoms with E-state index in [0.29, 0.717) is 11.3 Å². The quantitative estimate of drug-likeness (QED) is 0.892. The molecule has 0 aliphatic heterocycles. The minimum Gasteiger partial charge on any atom is -0.478 e. The monoisotopic (exact) mass is 261 g/mol. The maximum absolute atomic E-state index is 11.9. The number of para-hydroxylation sites is 1. The van der Waals surface area contributed by atoms with Crippen molar-refractivity contribution in [2.75, 3.05) is 5.32 Å². The van der Waals surface area contributed by atoms with E-state index < -0.39 is 5.97 Å². The Hall–Kier alpha value is -2.14. The van der Waals surface area contributed by atoms with Gasteiger partial charge in [0, 0.05) is 5.38 Å². The predicted molar refractivity (Wildman–Crippen MR) is 70.4 cm³/mol. The maximum Gasteiger partial charge on any atom is 0.337 e. The third-order valence-electron chi connectivity index (χ3n) is 2.53. The molecule has 0 spiro atoms. The number of carbonyl (C=O) groups excluding carboxylic acids is 1. The molecule has 1 amide bonds. The zero-order valence-electron chi connectivity index (χ0n) is 9.64. The topological polar surface area (TPSA) is 66.4 Å². The SMILES string of the molecule is Cc1cccc(C(=O)O)c1NC(=O)c1ccsc1. The van der Waals surface area contributed by atoms with E-state index in [0.717, 1.165) is 5.56 Å². The van der Waals surface area contributed by atoms with Crippen molar-refractivity contribution in [3.63, 3.8) is 0 Å². The van der Waals surface area contributed by atoms with Gasteiger partial charge in [-0.3, -0.25) is 4.79 Å². The molecule has 0 atom stereocenters. The van der Waals surface area contributed by atoms with Crippen molar-refractivity contribution in [3.05, 3.63) is 51.7 Å². The Balaban J connectivity index is 2.34. The highest BCUT2D eigenvalue weighted by Gasteiger charge is 2.15. The number of carboxylic acid groups (broad SMARTS) is 1. The van der Waals surface area contributed by atoms with Gasteiger partial charge < -0.3 is 10.4 Å². The lowest BCUT2D eigenvalue weighted by Crippen LogP contribution is -2.15. The van der Waals surface area contributed by atoms with Gasteiger partial charge in [0.15, 0.2) is 0 Å². The highest BCUT2D eigenvalue weighted by molar-refractivity contribution is 7.08. The molecule has 0 saturated heterocycles. The molecule has 5 heteroatoms. The molecule has 4 nitrogen and oxygen atoms in total. The van der Waals surface area contributed by atoms with Crippen molar-refractivity contribution < 1.29 is 14.7 Å². The largest absolute Gasteiger partial charge is 0.478 e. The van der Waals surface area contributed by atoms with Gasteiger partial charge in [-0.2, -0.15) is 11.3 Å². The van der Waals surface area contributed by atoms with E-state index in [-0.39, 0.29) is 11.5 Å². The van der Waals surface area contributed by atoms with Gasteiger partial charge in [0.25, 0.3) is 5.91 Å². The lowest BCUT2D eigenvalue weighted by Gasteiger charge is -2.10. The molecule has 0 radical (unpaired) electrons. The Kier molecular flexibility index (Phi) is 3.43. The molecule has 1 aromatic heterocycles. The van der Waals surface area contributed by atoms with E-state index in [1.54, 1.807) is 35.9 Å². The predicted octanol–water partition coefficient (Wildman–Crippen LogP) is 3.01. The van der Waals surface area contributed by atoms with Crippen LogP contribution in [-0.2, 0) is 0 Å². The minimum absolute atomic E-state index is 0.0959. The molecule has 0 fully saturated rings.